The van der Waals surface area contributed by atoms with Crippen molar-refractivity contribution in [2.45, 2.75) is 62.2 Å². The van der Waals surface area contributed by atoms with Crippen molar-refractivity contribution in [2.24, 2.45) is 0 Å². The zero-order valence-corrected chi connectivity index (χ0v) is 22.6. The first kappa shape index (κ1) is 27.5. The second kappa shape index (κ2) is 10.3. The first-order valence-electron chi connectivity index (χ1n) is 11.4. The third-order valence-corrected chi connectivity index (χ3v) is 7.33. The summed E-state index contributed by atoms with van der Waals surface area (Å²) >= 11 is 13.6. The fraction of sp³-hybridized carbons (Fsp3) is 0.400. The van der Waals surface area contributed by atoms with Gasteiger partial charge in [0.15, 0.2) is 0 Å². The van der Waals surface area contributed by atoms with Crippen LogP contribution in [0.1, 0.15) is 43.1 Å². The first-order chi connectivity index (χ1) is 17.2. The van der Waals surface area contributed by atoms with Crippen molar-refractivity contribution in [2.75, 3.05) is 10.7 Å². The van der Waals surface area contributed by atoms with Crippen molar-refractivity contribution in [1.29, 1.82) is 0 Å². The van der Waals surface area contributed by atoms with Crippen molar-refractivity contribution in [3.8, 4) is 0 Å². The molecule has 1 aliphatic carbocycles. The Balaban J connectivity index is 1.67. The lowest BCUT2D eigenvalue weighted by atomic mass is 10.1. The second-order valence-electron chi connectivity index (χ2n) is 9.85. The summed E-state index contributed by atoms with van der Waals surface area (Å²) in [6.07, 6.45) is -1.18. The molecule has 0 spiro atoms. The molecule has 0 bridgehead atoms. The summed E-state index contributed by atoms with van der Waals surface area (Å²) in [6, 6.07) is 7.62. The molecule has 2 aliphatic rings. The van der Waals surface area contributed by atoms with E-state index in [2.05, 4.69) is 10.6 Å². The number of rotatable bonds is 5. The van der Waals surface area contributed by atoms with Crippen molar-refractivity contribution in [3.05, 3.63) is 57.6 Å². The lowest BCUT2D eigenvalue weighted by Crippen LogP contribution is -2.50. The Morgan fingerprint density at radius 1 is 1.16 bits per heavy atom. The quantitative estimate of drug-likeness (QED) is 0.483. The first-order valence-corrected chi connectivity index (χ1v) is 13.2. The van der Waals surface area contributed by atoms with Crippen LogP contribution >= 0.6 is 35.0 Å². The van der Waals surface area contributed by atoms with Crippen LogP contribution < -0.4 is 15.5 Å². The molecule has 1 fully saturated rings. The molecule has 12 heteroatoms. The lowest BCUT2D eigenvalue weighted by Gasteiger charge is -2.27. The number of carbonyl (C=O) groups excluding carboxylic acids is 3. The zero-order chi connectivity index (χ0) is 27.1. The molecular weight excluding hydrogens is 547 g/mol. The number of alkyl halides is 2. The van der Waals surface area contributed by atoms with E-state index in [0.717, 1.165) is 5.56 Å². The van der Waals surface area contributed by atoms with E-state index in [4.69, 9.17) is 27.9 Å². The largest absolute Gasteiger partial charge is 0.444 e. The Labute approximate surface area is 227 Å². The molecule has 0 aromatic heterocycles. The highest BCUT2D eigenvalue weighted by molar-refractivity contribution is 7.99. The Morgan fingerprint density at radius 2 is 1.81 bits per heavy atom. The Hall–Kier alpha value is -2.56. The highest BCUT2D eigenvalue weighted by atomic mass is 35.5. The molecule has 37 heavy (non-hydrogen) atoms. The minimum atomic E-state index is -2.94. The van der Waals surface area contributed by atoms with Crippen LogP contribution in [-0.4, -0.2) is 47.3 Å². The van der Waals surface area contributed by atoms with E-state index in [-0.39, 0.29) is 22.9 Å². The van der Waals surface area contributed by atoms with Crippen LogP contribution in [0, 0.1) is 0 Å². The van der Waals surface area contributed by atoms with Crippen molar-refractivity contribution in [1.82, 2.24) is 10.6 Å². The molecule has 2 aromatic carbocycles. The molecule has 2 N–H and O–H groups in total. The van der Waals surface area contributed by atoms with Gasteiger partial charge in [0, 0.05) is 22.1 Å². The number of ether oxygens (including phenoxy) is 1. The molecular formula is C25H25Cl2F2N3O4S. The van der Waals surface area contributed by atoms with Crippen LogP contribution in [0.2, 0.25) is 10.0 Å². The molecule has 7 nitrogen and oxygen atoms in total. The number of amides is 3. The van der Waals surface area contributed by atoms with Crippen molar-refractivity contribution >= 4 is 58.6 Å². The van der Waals surface area contributed by atoms with Gasteiger partial charge in [0.05, 0.1) is 28.9 Å². The van der Waals surface area contributed by atoms with Gasteiger partial charge in [-0.3, -0.25) is 9.59 Å². The molecule has 0 radical (unpaired) electrons. The lowest BCUT2D eigenvalue weighted by molar-refractivity contribution is -0.120. The monoisotopic (exact) mass is 571 g/mol. The molecule has 1 aliphatic heterocycles. The Bertz CT molecular complexity index is 1240. The molecule has 0 unspecified atom stereocenters. The Kier molecular flexibility index (Phi) is 7.65. The number of alkyl carbamates (subject to hydrolysis) is 1. The molecule has 1 saturated carbocycles. The van der Waals surface area contributed by atoms with E-state index in [9.17, 15) is 23.2 Å². The number of nitrogens with one attached hydrogen (secondary N) is 2. The summed E-state index contributed by atoms with van der Waals surface area (Å²) < 4.78 is 32.1. The van der Waals surface area contributed by atoms with E-state index in [0.29, 0.717) is 15.6 Å². The van der Waals surface area contributed by atoms with Gasteiger partial charge in [-0.15, -0.1) is 11.8 Å². The predicted molar refractivity (Wildman–Crippen MR) is 139 cm³/mol. The number of thioether (sulfide) groups is 1. The summed E-state index contributed by atoms with van der Waals surface area (Å²) in [5.41, 5.74) is 0.322. The van der Waals surface area contributed by atoms with E-state index in [1.165, 1.54) is 28.8 Å². The highest BCUT2D eigenvalue weighted by Crippen LogP contribution is 2.43. The maximum absolute atomic E-state index is 13.7. The summed E-state index contributed by atoms with van der Waals surface area (Å²) in [5, 5.41) is 5.50. The maximum Gasteiger partial charge on any atom is 0.408 e. The average Bonchev–Trinajstić information content (AvgIpc) is 3.42. The number of halogens is 4. The fourth-order valence-electron chi connectivity index (χ4n) is 3.69. The SMILES string of the molecule is CC(C)(C)OC(=O)N[C@H]1CSc2cc(Cl)c(C(=O)N[C@@H]3CC3(F)F)cc2N(Cc2ccc(Cl)cc2)C1=O. The van der Waals surface area contributed by atoms with Crippen LogP contribution in [0.5, 0.6) is 0 Å². The number of hydrogen-bond acceptors (Lipinski definition) is 5. The smallest absolute Gasteiger partial charge is 0.408 e. The van der Waals surface area contributed by atoms with Crippen LogP contribution in [0.15, 0.2) is 41.3 Å². The number of benzene rings is 2. The fourth-order valence-corrected chi connectivity index (χ4v) is 5.22. The number of hydrogen-bond donors (Lipinski definition) is 2. The van der Waals surface area contributed by atoms with E-state index in [1.807, 2.05) is 0 Å². The van der Waals surface area contributed by atoms with Gasteiger partial charge >= 0.3 is 6.09 Å². The zero-order valence-electron chi connectivity index (χ0n) is 20.2. The molecule has 2 aromatic rings. The molecule has 2 atom stereocenters. The van der Waals surface area contributed by atoms with Gasteiger partial charge in [0.1, 0.15) is 11.6 Å². The standard InChI is InChI=1S/C25H25Cl2F2N3O4S/c1-24(2,3)36-23(35)30-17-12-37-19-9-16(27)15(21(33)31-20-10-25(20,28)29)8-18(19)32(22(17)34)11-13-4-6-14(26)7-5-13/h4-9,17,20H,10-12H2,1-3H3,(H,30,35)(H,31,33)/t17-,20+/m0/s1. The van der Waals surface area contributed by atoms with Crippen molar-refractivity contribution < 1.29 is 27.9 Å². The normalized spacial score (nSPS) is 20.5. The van der Waals surface area contributed by atoms with E-state index >= 15 is 0 Å². The third kappa shape index (κ3) is 6.66. The number of fused-ring (bicyclic) bond motifs is 1. The minimum absolute atomic E-state index is 0.0313. The average molecular weight is 572 g/mol. The summed E-state index contributed by atoms with van der Waals surface area (Å²) in [4.78, 5) is 41.0. The van der Waals surface area contributed by atoms with Crippen LogP contribution in [0.4, 0.5) is 19.3 Å². The summed E-state index contributed by atoms with van der Waals surface area (Å²) in [5.74, 6) is -3.96. The molecule has 1 heterocycles. The van der Waals surface area contributed by atoms with Gasteiger partial charge in [-0.25, -0.2) is 13.6 Å². The molecule has 0 saturated heterocycles. The number of anilines is 1. The molecule has 3 amide bonds. The maximum atomic E-state index is 13.7. The van der Waals surface area contributed by atoms with Crippen LogP contribution in [-0.2, 0) is 16.1 Å². The number of nitrogens with zero attached hydrogens (tertiary/aromatic N) is 1. The van der Waals surface area contributed by atoms with Gasteiger partial charge in [-0.2, -0.15) is 0 Å². The van der Waals surface area contributed by atoms with Gasteiger partial charge in [0.25, 0.3) is 17.7 Å². The summed E-state index contributed by atoms with van der Waals surface area (Å²) in [7, 11) is 0. The van der Waals surface area contributed by atoms with Gasteiger partial charge in [-0.05, 0) is 50.6 Å². The number of carbonyl (C=O) groups is 3. The highest BCUT2D eigenvalue weighted by Gasteiger charge is 2.58. The van der Waals surface area contributed by atoms with Crippen LogP contribution in [0.25, 0.3) is 0 Å². The molecule has 198 valence electrons. The van der Waals surface area contributed by atoms with Crippen molar-refractivity contribution in [3.63, 3.8) is 0 Å². The van der Waals surface area contributed by atoms with E-state index in [1.54, 1.807) is 45.0 Å². The molecule has 4 rings (SSSR count). The van der Waals surface area contributed by atoms with Gasteiger partial charge in [0.2, 0.25) is 0 Å². The minimum Gasteiger partial charge on any atom is -0.444 e. The van der Waals surface area contributed by atoms with Gasteiger partial charge in [-0.1, -0.05) is 35.3 Å². The Morgan fingerprint density at radius 3 is 2.41 bits per heavy atom. The predicted octanol–water partition coefficient (Wildman–Crippen LogP) is 5.66. The van der Waals surface area contributed by atoms with E-state index < -0.39 is 47.9 Å². The second-order valence-corrected chi connectivity index (χ2v) is 11.8. The third-order valence-electron chi connectivity index (χ3n) is 5.63. The van der Waals surface area contributed by atoms with Gasteiger partial charge < -0.3 is 20.3 Å². The van der Waals surface area contributed by atoms with Crippen LogP contribution in [0.3, 0.4) is 0 Å². The topological polar surface area (TPSA) is 87.7 Å². The summed E-state index contributed by atoms with van der Waals surface area (Å²) in [6.45, 7) is 5.24.